The van der Waals surface area contributed by atoms with Crippen LogP contribution in [0.15, 0.2) is 152 Å². The van der Waals surface area contributed by atoms with Gasteiger partial charge in [0.05, 0.1) is 26.9 Å². The number of nitrogens with zero attached hydrogens (tertiary/aromatic N) is 3. The summed E-state index contributed by atoms with van der Waals surface area (Å²) in [5.41, 5.74) is 12.8. The van der Waals surface area contributed by atoms with Gasteiger partial charge in [-0.25, -0.2) is 9.97 Å². The Morgan fingerprint density at radius 2 is 1.15 bits per heavy atom. The van der Waals surface area contributed by atoms with Crippen molar-refractivity contribution in [2.75, 3.05) is 0 Å². The highest BCUT2D eigenvalue weighted by Gasteiger charge is 2.24. The molecule has 10 aromatic rings. The van der Waals surface area contributed by atoms with Gasteiger partial charge in [0, 0.05) is 37.7 Å². The molecule has 3 aromatic heterocycles. The van der Waals surface area contributed by atoms with Crippen LogP contribution < -0.4 is 0 Å². The Labute approximate surface area is 280 Å². The smallest absolute Gasteiger partial charge is 0.160 e. The number of aromatic nitrogens is 3. The Hall–Kier alpha value is -6.10. The molecule has 7 aromatic carbocycles. The predicted molar refractivity (Wildman–Crippen MR) is 202 cm³/mol. The predicted octanol–water partition coefficient (Wildman–Crippen LogP) is 12.1. The van der Waals surface area contributed by atoms with Crippen LogP contribution in [-0.2, 0) is 0 Å². The van der Waals surface area contributed by atoms with Crippen molar-refractivity contribution >= 4 is 64.2 Å². The first-order valence-corrected chi connectivity index (χ1v) is 17.1. The van der Waals surface area contributed by atoms with Crippen LogP contribution in [0.2, 0.25) is 0 Å². The van der Waals surface area contributed by atoms with Crippen LogP contribution in [0.5, 0.6) is 0 Å². The van der Waals surface area contributed by atoms with Crippen molar-refractivity contribution in [3.05, 3.63) is 152 Å². The van der Waals surface area contributed by atoms with Crippen LogP contribution >= 0.6 is 11.3 Å². The largest absolute Gasteiger partial charge is 0.309 e. The maximum Gasteiger partial charge on any atom is 0.160 e. The molecule has 11 rings (SSSR count). The zero-order chi connectivity index (χ0) is 31.3. The maximum absolute atomic E-state index is 5.21. The molecule has 0 amide bonds. The standard InChI is InChI=1S/C44H25N3S/c1-2-10-28(11-3-1)44-45-41(43-42(46-44)34-15-6-7-19-37(34)48-43)27-20-23-29(24-21-27)47-35-18-9-17-33-31-14-5-4-13-30(31)32-16-8-12-26-22-25-36(47)40(38(26)32)39(33)35/h1-25H. The first-order chi connectivity index (χ1) is 23.8. The van der Waals surface area contributed by atoms with E-state index in [1.54, 1.807) is 11.3 Å². The van der Waals surface area contributed by atoms with Gasteiger partial charge in [0.15, 0.2) is 5.82 Å². The van der Waals surface area contributed by atoms with Crippen molar-refractivity contribution in [2.45, 2.75) is 0 Å². The minimum Gasteiger partial charge on any atom is -0.309 e. The Balaban J connectivity index is 1.16. The molecule has 0 unspecified atom stereocenters. The lowest BCUT2D eigenvalue weighted by molar-refractivity contribution is 1.18. The summed E-state index contributed by atoms with van der Waals surface area (Å²) >= 11 is 1.77. The topological polar surface area (TPSA) is 30.7 Å². The number of hydrogen-bond donors (Lipinski definition) is 0. The Bertz CT molecular complexity index is 2930. The lowest BCUT2D eigenvalue weighted by Crippen LogP contribution is -1.96. The van der Waals surface area contributed by atoms with Crippen LogP contribution in [0.3, 0.4) is 0 Å². The Morgan fingerprint density at radius 3 is 1.98 bits per heavy atom. The number of thiophene rings is 1. The second kappa shape index (κ2) is 9.71. The van der Waals surface area contributed by atoms with Gasteiger partial charge in [-0.2, -0.15) is 0 Å². The molecule has 48 heavy (non-hydrogen) atoms. The quantitative estimate of drug-likeness (QED) is 0.195. The van der Waals surface area contributed by atoms with Crippen molar-refractivity contribution < 1.29 is 0 Å². The molecule has 4 heteroatoms. The number of benzene rings is 7. The van der Waals surface area contributed by atoms with Gasteiger partial charge in [0.1, 0.15) is 0 Å². The van der Waals surface area contributed by atoms with Gasteiger partial charge in [-0.3, -0.25) is 0 Å². The second-order valence-corrected chi connectivity index (χ2v) is 13.6. The molecule has 0 spiro atoms. The lowest BCUT2D eigenvalue weighted by Gasteiger charge is -2.14. The van der Waals surface area contributed by atoms with Gasteiger partial charge < -0.3 is 4.57 Å². The van der Waals surface area contributed by atoms with Crippen molar-refractivity contribution in [2.24, 2.45) is 0 Å². The highest BCUT2D eigenvalue weighted by molar-refractivity contribution is 7.26. The minimum atomic E-state index is 0.748. The third-order valence-electron chi connectivity index (χ3n) is 9.96. The molecule has 222 valence electrons. The summed E-state index contributed by atoms with van der Waals surface area (Å²) in [7, 11) is 0. The fourth-order valence-corrected chi connectivity index (χ4v) is 9.03. The molecule has 0 fully saturated rings. The van der Waals surface area contributed by atoms with Crippen molar-refractivity contribution in [3.63, 3.8) is 0 Å². The van der Waals surface area contributed by atoms with Gasteiger partial charge in [-0.15, -0.1) is 11.3 Å². The van der Waals surface area contributed by atoms with Gasteiger partial charge in [-0.1, -0.05) is 121 Å². The van der Waals surface area contributed by atoms with E-state index in [9.17, 15) is 0 Å². The van der Waals surface area contributed by atoms with Crippen molar-refractivity contribution in [1.82, 2.24) is 14.5 Å². The van der Waals surface area contributed by atoms with Gasteiger partial charge in [-0.05, 0) is 63.4 Å². The molecule has 0 saturated carbocycles. The van der Waals surface area contributed by atoms with Crippen LogP contribution in [0.4, 0.5) is 0 Å². The van der Waals surface area contributed by atoms with E-state index in [0.717, 1.165) is 38.5 Å². The second-order valence-electron chi connectivity index (χ2n) is 12.5. The molecule has 3 nitrogen and oxygen atoms in total. The molecule has 0 saturated heterocycles. The molecule has 0 bridgehead atoms. The highest BCUT2D eigenvalue weighted by Crippen LogP contribution is 2.49. The molecule has 0 radical (unpaired) electrons. The monoisotopic (exact) mass is 627 g/mol. The molecular formula is C44H25N3S. The van der Waals surface area contributed by atoms with E-state index in [2.05, 4.69) is 138 Å². The van der Waals surface area contributed by atoms with E-state index < -0.39 is 0 Å². The number of fused-ring (bicyclic) bond motifs is 6. The van der Waals surface area contributed by atoms with E-state index in [1.165, 1.54) is 64.9 Å². The normalized spacial score (nSPS) is 12.2. The summed E-state index contributed by atoms with van der Waals surface area (Å²) in [6.45, 7) is 0. The van der Waals surface area contributed by atoms with E-state index in [4.69, 9.17) is 9.97 Å². The van der Waals surface area contributed by atoms with E-state index in [0.29, 0.717) is 0 Å². The summed E-state index contributed by atoms with van der Waals surface area (Å²) < 4.78 is 4.78. The molecule has 0 N–H and O–H groups in total. The average molecular weight is 628 g/mol. The minimum absolute atomic E-state index is 0.748. The molecule has 0 atom stereocenters. The SMILES string of the molecule is c1ccc(-c2nc(-c3ccc(-n4c5cccc6c5c5c7c(cccc7ccc54)-c4ccccc4-6)cc3)c3sc4ccccc4c3n2)cc1. The zero-order valence-corrected chi connectivity index (χ0v) is 26.5. The fourth-order valence-electron chi connectivity index (χ4n) is 7.88. The third kappa shape index (κ3) is 3.52. The highest BCUT2D eigenvalue weighted by atomic mass is 32.1. The van der Waals surface area contributed by atoms with Gasteiger partial charge >= 0.3 is 0 Å². The average Bonchev–Trinajstić information content (AvgIpc) is 3.67. The van der Waals surface area contributed by atoms with Gasteiger partial charge in [0.2, 0.25) is 0 Å². The van der Waals surface area contributed by atoms with Crippen LogP contribution in [-0.4, -0.2) is 14.5 Å². The Kier molecular flexibility index (Phi) is 5.26. The van der Waals surface area contributed by atoms with Crippen molar-refractivity contribution in [1.29, 1.82) is 0 Å². The number of hydrogen-bond acceptors (Lipinski definition) is 3. The molecule has 3 heterocycles. The zero-order valence-electron chi connectivity index (χ0n) is 25.7. The first kappa shape index (κ1) is 26.0. The summed E-state index contributed by atoms with van der Waals surface area (Å²) in [4.78, 5) is 10.3. The molecular weight excluding hydrogens is 603 g/mol. The van der Waals surface area contributed by atoms with Crippen molar-refractivity contribution in [3.8, 4) is 50.6 Å². The third-order valence-corrected chi connectivity index (χ3v) is 11.1. The van der Waals surface area contributed by atoms with Crippen LogP contribution in [0.1, 0.15) is 0 Å². The lowest BCUT2D eigenvalue weighted by atomic mass is 9.93. The molecule has 1 aliphatic rings. The molecule has 0 aliphatic heterocycles. The van der Waals surface area contributed by atoms with Crippen LogP contribution in [0, 0.1) is 0 Å². The Morgan fingerprint density at radius 1 is 0.458 bits per heavy atom. The van der Waals surface area contributed by atoms with Crippen LogP contribution in [0.25, 0.3) is 103 Å². The summed E-state index contributed by atoms with van der Waals surface area (Å²) in [5.74, 6) is 0.748. The summed E-state index contributed by atoms with van der Waals surface area (Å²) in [6, 6.07) is 54.7. The number of rotatable bonds is 3. The van der Waals surface area contributed by atoms with Gasteiger partial charge in [0.25, 0.3) is 0 Å². The van der Waals surface area contributed by atoms with E-state index >= 15 is 0 Å². The van der Waals surface area contributed by atoms with E-state index in [1.807, 2.05) is 18.2 Å². The molecule has 1 aliphatic carbocycles. The van der Waals surface area contributed by atoms with E-state index in [-0.39, 0.29) is 0 Å². The fraction of sp³-hybridized carbons (Fsp3) is 0. The first-order valence-electron chi connectivity index (χ1n) is 16.3. The maximum atomic E-state index is 5.21. The summed E-state index contributed by atoms with van der Waals surface area (Å²) in [5, 5.41) is 6.41. The summed E-state index contributed by atoms with van der Waals surface area (Å²) in [6.07, 6.45) is 0.